The van der Waals surface area contributed by atoms with Gasteiger partial charge in [0.05, 0.1) is 15.9 Å². The molecule has 8 heteroatoms. The molecule has 0 N–H and O–H groups in total. The number of nitro groups is 1. The number of nitro benzene ring substituents is 1. The molecule has 1 atom stereocenters. The average molecular weight is 328 g/mol. The Hall–Kier alpha value is -1.51. The SMILES string of the molecule is CN(CCC1CCCCO1)S(=O)(=O)c1cccc([N+](=O)[O-])c1. The minimum atomic E-state index is -3.72. The summed E-state index contributed by atoms with van der Waals surface area (Å²) in [7, 11) is -2.24. The minimum Gasteiger partial charge on any atom is -0.378 e. The fourth-order valence-electron chi connectivity index (χ4n) is 2.42. The smallest absolute Gasteiger partial charge is 0.270 e. The first-order valence-electron chi connectivity index (χ1n) is 7.23. The molecule has 0 aromatic heterocycles. The predicted molar refractivity (Wildman–Crippen MR) is 81.1 cm³/mol. The van der Waals surface area contributed by atoms with Gasteiger partial charge in [0.2, 0.25) is 10.0 Å². The number of benzene rings is 1. The Balaban J connectivity index is 2.05. The molecule has 0 aliphatic carbocycles. The molecular formula is C14H20N2O5S. The van der Waals surface area contributed by atoms with Gasteiger partial charge in [-0.15, -0.1) is 0 Å². The van der Waals surface area contributed by atoms with Crippen molar-refractivity contribution < 1.29 is 18.1 Å². The van der Waals surface area contributed by atoms with Crippen molar-refractivity contribution in [3.8, 4) is 0 Å². The standard InChI is InChI=1S/C14H20N2O5S/c1-15(9-8-13-6-2-3-10-21-13)22(19,20)14-7-4-5-12(11-14)16(17)18/h4-5,7,11,13H,2-3,6,8-10H2,1H3. The third-order valence-electron chi connectivity index (χ3n) is 3.78. The highest BCUT2D eigenvalue weighted by Crippen LogP contribution is 2.21. The molecule has 122 valence electrons. The lowest BCUT2D eigenvalue weighted by Crippen LogP contribution is -2.31. The van der Waals surface area contributed by atoms with Crippen LogP contribution in [0, 0.1) is 10.1 Å². The maximum absolute atomic E-state index is 12.4. The second kappa shape index (κ2) is 7.17. The van der Waals surface area contributed by atoms with Gasteiger partial charge in [0.15, 0.2) is 0 Å². The van der Waals surface area contributed by atoms with Gasteiger partial charge in [0, 0.05) is 32.3 Å². The fourth-order valence-corrected chi connectivity index (χ4v) is 3.64. The molecule has 0 amide bonds. The zero-order valence-electron chi connectivity index (χ0n) is 12.5. The van der Waals surface area contributed by atoms with E-state index < -0.39 is 14.9 Å². The van der Waals surface area contributed by atoms with Gasteiger partial charge >= 0.3 is 0 Å². The van der Waals surface area contributed by atoms with E-state index in [2.05, 4.69) is 0 Å². The van der Waals surface area contributed by atoms with Crippen LogP contribution in [0.5, 0.6) is 0 Å². The second-order valence-electron chi connectivity index (χ2n) is 5.36. The average Bonchev–Trinajstić information content (AvgIpc) is 2.53. The molecule has 0 spiro atoms. The predicted octanol–water partition coefficient (Wildman–Crippen LogP) is 2.17. The van der Waals surface area contributed by atoms with Crippen LogP contribution in [-0.4, -0.2) is 43.9 Å². The molecule has 1 aliphatic rings. The second-order valence-corrected chi connectivity index (χ2v) is 7.40. The van der Waals surface area contributed by atoms with Crippen molar-refractivity contribution >= 4 is 15.7 Å². The van der Waals surface area contributed by atoms with E-state index in [9.17, 15) is 18.5 Å². The Morgan fingerprint density at radius 1 is 1.41 bits per heavy atom. The lowest BCUT2D eigenvalue weighted by Gasteiger charge is -2.25. The molecule has 0 bridgehead atoms. The molecule has 1 unspecified atom stereocenters. The number of rotatable bonds is 6. The molecule has 0 saturated carbocycles. The van der Waals surface area contributed by atoms with E-state index in [4.69, 9.17) is 4.74 Å². The number of hydrogen-bond donors (Lipinski definition) is 0. The third-order valence-corrected chi connectivity index (χ3v) is 5.63. The van der Waals surface area contributed by atoms with Crippen LogP contribution < -0.4 is 0 Å². The molecule has 22 heavy (non-hydrogen) atoms. The normalized spacial score (nSPS) is 19.3. The van der Waals surface area contributed by atoms with Crippen LogP contribution in [0.15, 0.2) is 29.2 Å². The Labute approximate surface area is 130 Å². The highest BCUT2D eigenvalue weighted by atomic mass is 32.2. The summed E-state index contributed by atoms with van der Waals surface area (Å²) >= 11 is 0. The summed E-state index contributed by atoms with van der Waals surface area (Å²) in [6.07, 6.45) is 3.83. The Bertz CT molecular complexity index is 626. The van der Waals surface area contributed by atoms with Crippen molar-refractivity contribution in [3.05, 3.63) is 34.4 Å². The van der Waals surface area contributed by atoms with Gasteiger partial charge in [0.25, 0.3) is 5.69 Å². The van der Waals surface area contributed by atoms with Gasteiger partial charge in [-0.05, 0) is 31.7 Å². The van der Waals surface area contributed by atoms with Crippen LogP contribution in [0.25, 0.3) is 0 Å². The highest BCUT2D eigenvalue weighted by Gasteiger charge is 2.24. The van der Waals surface area contributed by atoms with Gasteiger partial charge < -0.3 is 4.74 Å². The highest BCUT2D eigenvalue weighted by molar-refractivity contribution is 7.89. The summed E-state index contributed by atoms with van der Waals surface area (Å²) in [6, 6.07) is 5.11. The molecule has 0 radical (unpaired) electrons. The summed E-state index contributed by atoms with van der Waals surface area (Å²) in [5, 5.41) is 10.8. The monoisotopic (exact) mass is 328 g/mol. The fraction of sp³-hybridized carbons (Fsp3) is 0.571. The molecule has 1 saturated heterocycles. The van der Waals surface area contributed by atoms with Crippen molar-refractivity contribution in [2.24, 2.45) is 0 Å². The van der Waals surface area contributed by atoms with E-state index in [0.717, 1.165) is 31.9 Å². The lowest BCUT2D eigenvalue weighted by atomic mass is 10.1. The molecular weight excluding hydrogens is 308 g/mol. The molecule has 2 rings (SSSR count). The molecule has 7 nitrogen and oxygen atoms in total. The van der Waals surface area contributed by atoms with E-state index in [1.807, 2.05) is 0 Å². The number of sulfonamides is 1. The van der Waals surface area contributed by atoms with Crippen LogP contribution >= 0.6 is 0 Å². The van der Waals surface area contributed by atoms with Crippen LogP contribution in [0.2, 0.25) is 0 Å². The van der Waals surface area contributed by atoms with Crippen molar-refractivity contribution in [3.63, 3.8) is 0 Å². The van der Waals surface area contributed by atoms with E-state index in [0.29, 0.717) is 13.0 Å². The van der Waals surface area contributed by atoms with Crippen LogP contribution in [-0.2, 0) is 14.8 Å². The molecule has 1 heterocycles. The van der Waals surface area contributed by atoms with E-state index in [1.165, 1.54) is 29.6 Å². The van der Waals surface area contributed by atoms with Gasteiger partial charge in [-0.2, -0.15) is 0 Å². The summed E-state index contributed by atoms with van der Waals surface area (Å²) in [6.45, 7) is 1.06. The Morgan fingerprint density at radius 3 is 2.82 bits per heavy atom. The summed E-state index contributed by atoms with van der Waals surface area (Å²) in [5.41, 5.74) is -0.231. The number of non-ortho nitro benzene ring substituents is 1. The van der Waals surface area contributed by atoms with Crippen LogP contribution in [0.1, 0.15) is 25.7 Å². The summed E-state index contributed by atoms with van der Waals surface area (Å²) in [5.74, 6) is 0. The summed E-state index contributed by atoms with van der Waals surface area (Å²) in [4.78, 5) is 10.1. The maximum atomic E-state index is 12.4. The third kappa shape index (κ3) is 4.02. The zero-order chi connectivity index (χ0) is 16.2. The Morgan fingerprint density at radius 2 is 2.18 bits per heavy atom. The van der Waals surface area contributed by atoms with Crippen LogP contribution in [0.3, 0.4) is 0 Å². The number of hydrogen-bond acceptors (Lipinski definition) is 5. The minimum absolute atomic E-state index is 0.0613. The molecule has 1 aromatic rings. The number of ether oxygens (including phenoxy) is 1. The van der Waals surface area contributed by atoms with Gasteiger partial charge in [0.1, 0.15) is 0 Å². The first-order chi connectivity index (χ1) is 10.4. The molecule has 1 aromatic carbocycles. The van der Waals surface area contributed by atoms with E-state index in [-0.39, 0.29) is 16.7 Å². The van der Waals surface area contributed by atoms with E-state index in [1.54, 1.807) is 0 Å². The lowest BCUT2D eigenvalue weighted by molar-refractivity contribution is -0.385. The number of nitrogens with zero attached hydrogens (tertiary/aromatic N) is 2. The molecule has 1 aliphatic heterocycles. The maximum Gasteiger partial charge on any atom is 0.270 e. The first kappa shape index (κ1) is 16.9. The van der Waals surface area contributed by atoms with Crippen molar-refractivity contribution in [2.45, 2.75) is 36.7 Å². The molecule has 1 fully saturated rings. The van der Waals surface area contributed by atoms with E-state index >= 15 is 0 Å². The van der Waals surface area contributed by atoms with Crippen LogP contribution in [0.4, 0.5) is 5.69 Å². The van der Waals surface area contributed by atoms with Gasteiger partial charge in [-0.1, -0.05) is 6.07 Å². The first-order valence-corrected chi connectivity index (χ1v) is 8.67. The Kier molecular flexibility index (Phi) is 5.49. The van der Waals surface area contributed by atoms with Crippen molar-refractivity contribution in [2.75, 3.05) is 20.2 Å². The zero-order valence-corrected chi connectivity index (χ0v) is 13.3. The topological polar surface area (TPSA) is 89.8 Å². The van der Waals surface area contributed by atoms with Crippen molar-refractivity contribution in [1.29, 1.82) is 0 Å². The quantitative estimate of drug-likeness (QED) is 0.590. The summed E-state index contributed by atoms with van der Waals surface area (Å²) < 4.78 is 31.7. The van der Waals surface area contributed by atoms with Gasteiger partial charge in [-0.3, -0.25) is 10.1 Å². The van der Waals surface area contributed by atoms with Gasteiger partial charge in [-0.25, -0.2) is 12.7 Å². The largest absolute Gasteiger partial charge is 0.378 e. The van der Waals surface area contributed by atoms with Crippen molar-refractivity contribution in [1.82, 2.24) is 4.31 Å².